The molecule has 1 saturated heterocycles. The Balaban J connectivity index is 2.02. The molecule has 0 amide bonds. The number of halogens is 1. The molecule has 21 heavy (non-hydrogen) atoms. The summed E-state index contributed by atoms with van der Waals surface area (Å²) in [6, 6.07) is 11.9. The molecule has 3 rings (SSSR count). The summed E-state index contributed by atoms with van der Waals surface area (Å²) in [6.07, 6.45) is 2.33. The number of ether oxygens (including phenoxy) is 1. The van der Waals surface area contributed by atoms with Gasteiger partial charge in [0.1, 0.15) is 11.9 Å². The van der Waals surface area contributed by atoms with Gasteiger partial charge in [-0.1, -0.05) is 18.2 Å². The average Bonchev–Trinajstić information content (AvgIpc) is 2.56. The van der Waals surface area contributed by atoms with Crippen molar-refractivity contribution in [1.82, 2.24) is 4.98 Å². The SMILES string of the molecule is O[C@H](c1ccccn1)C1(c2ccc(F)cc2)CCOCC1. The molecule has 4 heteroatoms. The van der Waals surface area contributed by atoms with Gasteiger partial charge in [-0.3, -0.25) is 4.98 Å². The number of pyridine rings is 1. The van der Waals surface area contributed by atoms with Crippen LogP contribution in [0.5, 0.6) is 0 Å². The molecule has 1 aliphatic heterocycles. The van der Waals surface area contributed by atoms with Crippen LogP contribution >= 0.6 is 0 Å². The summed E-state index contributed by atoms with van der Waals surface area (Å²) in [6.45, 7) is 1.17. The first kappa shape index (κ1) is 14.2. The molecule has 1 N–H and O–H groups in total. The van der Waals surface area contributed by atoms with Crippen LogP contribution in [0.3, 0.4) is 0 Å². The predicted molar refractivity (Wildman–Crippen MR) is 77.3 cm³/mol. The van der Waals surface area contributed by atoms with Crippen molar-refractivity contribution in [2.24, 2.45) is 0 Å². The second-order valence-corrected chi connectivity index (χ2v) is 5.43. The minimum atomic E-state index is -0.729. The van der Waals surface area contributed by atoms with E-state index in [0.717, 1.165) is 5.56 Å². The third-order valence-electron chi connectivity index (χ3n) is 4.30. The highest BCUT2D eigenvalue weighted by Crippen LogP contribution is 2.44. The fraction of sp³-hybridized carbons (Fsp3) is 0.353. The van der Waals surface area contributed by atoms with Gasteiger partial charge in [-0.2, -0.15) is 0 Å². The van der Waals surface area contributed by atoms with Crippen LogP contribution in [-0.4, -0.2) is 23.3 Å². The molecule has 1 atom stereocenters. The van der Waals surface area contributed by atoms with Crippen LogP contribution in [0.4, 0.5) is 4.39 Å². The van der Waals surface area contributed by atoms with Crippen LogP contribution in [0.1, 0.15) is 30.2 Å². The number of aromatic nitrogens is 1. The van der Waals surface area contributed by atoms with Gasteiger partial charge in [0.05, 0.1) is 5.69 Å². The van der Waals surface area contributed by atoms with Crippen LogP contribution in [-0.2, 0) is 10.2 Å². The van der Waals surface area contributed by atoms with E-state index >= 15 is 0 Å². The van der Waals surface area contributed by atoms with Gasteiger partial charge in [0.2, 0.25) is 0 Å². The molecule has 0 spiro atoms. The highest BCUT2D eigenvalue weighted by molar-refractivity contribution is 5.31. The van der Waals surface area contributed by atoms with E-state index in [9.17, 15) is 9.50 Å². The number of nitrogens with zero attached hydrogens (tertiary/aromatic N) is 1. The van der Waals surface area contributed by atoms with Crippen molar-refractivity contribution in [2.75, 3.05) is 13.2 Å². The Kier molecular flexibility index (Phi) is 3.99. The van der Waals surface area contributed by atoms with Gasteiger partial charge >= 0.3 is 0 Å². The highest BCUT2D eigenvalue weighted by Gasteiger charge is 2.42. The molecule has 1 aromatic heterocycles. The van der Waals surface area contributed by atoms with E-state index in [1.807, 2.05) is 18.2 Å². The number of aliphatic hydroxyl groups is 1. The van der Waals surface area contributed by atoms with Crippen molar-refractivity contribution in [1.29, 1.82) is 0 Å². The smallest absolute Gasteiger partial charge is 0.123 e. The van der Waals surface area contributed by atoms with E-state index in [4.69, 9.17) is 4.74 Å². The molecule has 1 aliphatic rings. The van der Waals surface area contributed by atoms with Crippen LogP contribution in [0.15, 0.2) is 48.7 Å². The van der Waals surface area contributed by atoms with Gasteiger partial charge in [0, 0.05) is 24.8 Å². The molecule has 1 fully saturated rings. The summed E-state index contributed by atoms with van der Waals surface area (Å²) < 4.78 is 18.7. The average molecular weight is 287 g/mol. The molecule has 0 aliphatic carbocycles. The molecule has 110 valence electrons. The molecule has 0 unspecified atom stereocenters. The fourth-order valence-electron chi connectivity index (χ4n) is 3.06. The molecule has 0 radical (unpaired) electrons. The molecule has 3 nitrogen and oxygen atoms in total. The molecular weight excluding hydrogens is 269 g/mol. The number of hydrogen-bond donors (Lipinski definition) is 1. The molecular formula is C17H18FNO2. The maximum absolute atomic E-state index is 13.2. The predicted octanol–water partition coefficient (Wildman–Crippen LogP) is 3.00. The summed E-state index contributed by atoms with van der Waals surface area (Å²) in [5, 5.41) is 10.9. The van der Waals surface area contributed by atoms with Gasteiger partial charge in [0.25, 0.3) is 0 Å². The Labute approximate surface area is 123 Å². The van der Waals surface area contributed by atoms with E-state index in [1.54, 1.807) is 18.3 Å². The standard InChI is InChI=1S/C17H18FNO2/c18-14-6-4-13(5-7-14)17(8-11-21-12-9-17)16(20)15-3-1-2-10-19-15/h1-7,10,16,20H,8-9,11-12H2/t16-/m1/s1. The first-order valence-corrected chi connectivity index (χ1v) is 7.15. The Hall–Kier alpha value is -1.78. The molecule has 2 heterocycles. The summed E-state index contributed by atoms with van der Waals surface area (Å²) in [5.41, 5.74) is 1.11. The van der Waals surface area contributed by atoms with E-state index in [0.29, 0.717) is 31.7 Å². The van der Waals surface area contributed by atoms with Gasteiger partial charge in [-0.15, -0.1) is 0 Å². The van der Waals surface area contributed by atoms with Crippen LogP contribution in [0, 0.1) is 5.82 Å². The second-order valence-electron chi connectivity index (χ2n) is 5.43. The molecule has 0 saturated carbocycles. The highest BCUT2D eigenvalue weighted by atomic mass is 19.1. The quantitative estimate of drug-likeness (QED) is 0.943. The van der Waals surface area contributed by atoms with Crippen molar-refractivity contribution in [3.63, 3.8) is 0 Å². The minimum absolute atomic E-state index is 0.270. The zero-order chi connectivity index (χ0) is 14.7. The summed E-state index contributed by atoms with van der Waals surface area (Å²) in [7, 11) is 0. The number of hydrogen-bond acceptors (Lipinski definition) is 3. The van der Waals surface area contributed by atoms with E-state index < -0.39 is 11.5 Å². The van der Waals surface area contributed by atoms with Crippen molar-refractivity contribution < 1.29 is 14.2 Å². The molecule has 0 bridgehead atoms. The lowest BCUT2D eigenvalue weighted by molar-refractivity contribution is -0.0187. The van der Waals surface area contributed by atoms with Gasteiger partial charge in [0.15, 0.2) is 0 Å². The van der Waals surface area contributed by atoms with Crippen molar-refractivity contribution >= 4 is 0 Å². The normalized spacial score (nSPS) is 19.1. The Morgan fingerprint density at radius 1 is 1.10 bits per heavy atom. The largest absolute Gasteiger partial charge is 0.386 e. The van der Waals surface area contributed by atoms with Gasteiger partial charge in [-0.25, -0.2) is 4.39 Å². The van der Waals surface area contributed by atoms with Crippen LogP contribution < -0.4 is 0 Å². The second kappa shape index (κ2) is 5.92. The van der Waals surface area contributed by atoms with Crippen LogP contribution in [0.2, 0.25) is 0 Å². The Morgan fingerprint density at radius 2 is 1.81 bits per heavy atom. The summed E-state index contributed by atoms with van der Waals surface area (Å²) in [4.78, 5) is 4.28. The maximum atomic E-state index is 13.2. The topological polar surface area (TPSA) is 42.4 Å². The lowest BCUT2D eigenvalue weighted by atomic mass is 9.69. The van der Waals surface area contributed by atoms with Crippen molar-refractivity contribution in [3.05, 3.63) is 65.7 Å². The van der Waals surface area contributed by atoms with Gasteiger partial charge in [-0.05, 0) is 42.7 Å². The third kappa shape index (κ3) is 2.69. The monoisotopic (exact) mass is 287 g/mol. The molecule has 2 aromatic rings. The zero-order valence-electron chi connectivity index (χ0n) is 11.7. The lowest BCUT2D eigenvalue weighted by Gasteiger charge is -2.41. The van der Waals surface area contributed by atoms with Crippen molar-refractivity contribution in [2.45, 2.75) is 24.4 Å². The Morgan fingerprint density at radius 3 is 2.43 bits per heavy atom. The Bertz CT molecular complexity index is 579. The zero-order valence-corrected chi connectivity index (χ0v) is 11.7. The first-order chi connectivity index (χ1) is 10.2. The van der Waals surface area contributed by atoms with E-state index in [2.05, 4.69) is 4.98 Å². The third-order valence-corrected chi connectivity index (χ3v) is 4.30. The fourth-order valence-corrected chi connectivity index (χ4v) is 3.06. The first-order valence-electron chi connectivity index (χ1n) is 7.15. The maximum Gasteiger partial charge on any atom is 0.123 e. The summed E-state index contributed by atoms with van der Waals surface area (Å²) >= 11 is 0. The van der Waals surface area contributed by atoms with Gasteiger partial charge < -0.3 is 9.84 Å². The lowest BCUT2D eigenvalue weighted by Crippen LogP contribution is -2.40. The van der Waals surface area contributed by atoms with E-state index in [1.165, 1.54) is 12.1 Å². The number of aliphatic hydroxyl groups excluding tert-OH is 1. The van der Waals surface area contributed by atoms with Crippen molar-refractivity contribution in [3.8, 4) is 0 Å². The number of rotatable bonds is 3. The minimum Gasteiger partial charge on any atom is -0.386 e. The molecule has 1 aromatic carbocycles. The van der Waals surface area contributed by atoms with Crippen LogP contribution in [0.25, 0.3) is 0 Å². The number of benzene rings is 1. The summed E-state index contributed by atoms with van der Waals surface area (Å²) in [5.74, 6) is -0.270. The van der Waals surface area contributed by atoms with E-state index in [-0.39, 0.29) is 5.82 Å².